The van der Waals surface area contributed by atoms with Gasteiger partial charge in [-0.1, -0.05) is 18.2 Å². The molecule has 2 atom stereocenters. The first kappa shape index (κ1) is 23.8. The molecular formula is C23H26F2N2O5. The van der Waals surface area contributed by atoms with Crippen molar-refractivity contribution >= 4 is 11.8 Å². The molecule has 0 aliphatic carbocycles. The lowest BCUT2D eigenvalue weighted by molar-refractivity contribution is -0.277. The number of carbonyl (C=O) groups is 2. The average molecular weight is 448 g/mol. The number of benzene rings is 2. The van der Waals surface area contributed by atoms with Gasteiger partial charge < -0.3 is 24.8 Å². The van der Waals surface area contributed by atoms with Crippen molar-refractivity contribution in [3.63, 3.8) is 0 Å². The lowest BCUT2D eigenvalue weighted by Crippen LogP contribution is -2.52. The van der Waals surface area contributed by atoms with Gasteiger partial charge in [-0.15, -0.1) is 0 Å². The molecule has 2 amide bonds. The first-order valence-electron chi connectivity index (χ1n) is 10.2. The van der Waals surface area contributed by atoms with E-state index in [1.807, 2.05) is 6.07 Å². The van der Waals surface area contributed by atoms with Crippen LogP contribution >= 0.6 is 0 Å². The molecule has 1 heterocycles. The van der Waals surface area contributed by atoms with E-state index in [0.717, 1.165) is 12.1 Å². The molecule has 32 heavy (non-hydrogen) atoms. The maximum absolute atomic E-state index is 13.4. The maximum Gasteiger partial charge on any atom is 0.251 e. The minimum absolute atomic E-state index is 0.0201. The number of carbonyl (C=O) groups excluding carboxylic acids is 2. The van der Waals surface area contributed by atoms with E-state index in [1.165, 1.54) is 6.07 Å². The zero-order valence-corrected chi connectivity index (χ0v) is 17.9. The number of ether oxygens (including phenoxy) is 3. The smallest absolute Gasteiger partial charge is 0.251 e. The maximum atomic E-state index is 13.4. The van der Waals surface area contributed by atoms with Crippen LogP contribution in [0.1, 0.15) is 34.6 Å². The summed E-state index contributed by atoms with van der Waals surface area (Å²) in [5.74, 6) is -3.94. The fraction of sp³-hybridized carbons (Fsp3) is 0.391. The molecule has 0 aromatic heterocycles. The van der Waals surface area contributed by atoms with Crippen molar-refractivity contribution in [2.45, 2.75) is 31.8 Å². The van der Waals surface area contributed by atoms with E-state index in [2.05, 4.69) is 10.6 Å². The molecular weight excluding hydrogens is 422 g/mol. The Bertz CT molecular complexity index is 939. The van der Waals surface area contributed by atoms with E-state index < -0.39 is 35.5 Å². The summed E-state index contributed by atoms with van der Waals surface area (Å²) in [7, 11) is 0. The monoisotopic (exact) mass is 448 g/mol. The fourth-order valence-electron chi connectivity index (χ4n) is 3.25. The second-order valence-electron chi connectivity index (χ2n) is 7.73. The molecule has 7 nitrogen and oxygen atoms in total. The van der Waals surface area contributed by atoms with Crippen LogP contribution in [0.4, 0.5) is 8.78 Å². The molecule has 0 radical (unpaired) electrons. The Hall–Kier alpha value is -2.88. The number of hydrogen-bond acceptors (Lipinski definition) is 5. The van der Waals surface area contributed by atoms with E-state index >= 15 is 0 Å². The molecule has 2 N–H and O–H groups in total. The van der Waals surface area contributed by atoms with Crippen LogP contribution in [0.3, 0.4) is 0 Å². The summed E-state index contributed by atoms with van der Waals surface area (Å²) in [5.41, 5.74) is 0.478. The van der Waals surface area contributed by atoms with Crippen LogP contribution in [0.2, 0.25) is 0 Å². The zero-order valence-electron chi connectivity index (χ0n) is 17.9. The summed E-state index contributed by atoms with van der Waals surface area (Å²) < 4.78 is 44.0. The molecule has 1 aliphatic heterocycles. The van der Waals surface area contributed by atoms with E-state index in [4.69, 9.17) is 14.2 Å². The summed E-state index contributed by atoms with van der Waals surface area (Å²) in [6.07, 6.45) is -1.27. The second kappa shape index (κ2) is 10.6. The number of nitrogens with one attached hydrogen (secondary N) is 2. The summed E-state index contributed by atoms with van der Waals surface area (Å²) in [4.78, 5) is 24.8. The number of hydrogen-bond donors (Lipinski definition) is 2. The highest BCUT2D eigenvalue weighted by atomic mass is 19.2. The van der Waals surface area contributed by atoms with Gasteiger partial charge in [0.05, 0.1) is 13.2 Å². The standard InChI is InChI=1S/C23H26F2N2O5/c1-23(2)31-11-10-30-19(13-26-22(29)16-8-9-17(24)18(25)12-16)20(32-23)14-27-21(28)15-6-4-3-5-7-15/h3-9,12,19-20H,10-11,13-14H2,1-2H3,(H,26,29)(H,27,28)/t19-,20+/m1/s1. The van der Waals surface area contributed by atoms with Gasteiger partial charge in [-0.3, -0.25) is 9.59 Å². The second-order valence-corrected chi connectivity index (χ2v) is 7.73. The Morgan fingerprint density at radius 2 is 1.56 bits per heavy atom. The van der Waals surface area contributed by atoms with E-state index in [9.17, 15) is 18.4 Å². The predicted octanol–water partition coefficient (Wildman–Crippen LogP) is 2.66. The fourth-order valence-corrected chi connectivity index (χ4v) is 3.25. The van der Waals surface area contributed by atoms with Gasteiger partial charge in [0.25, 0.3) is 11.8 Å². The molecule has 2 aromatic rings. The molecule has 1 fully saturated rings. The van der Waals surface area contributed by atoms with Gasteiger partial charge in [-0.25, -0.2) is 8.78 Å². The Labute approximate surface area is 185 Å². The van der Waals surface area contributed by atoms with Crippen molar-refractivity contribution in [1.82, 2.24) is 10.6 Å². The van der Waals surface area contributed by atoms with Gasteiger partial charge in [0.2, 0.25) is 0 Å². The minimum Gasteiger partial charge on any atom is -0.371 e. The Morgan fingerprint density at radius 1 is 0.906 bits per heavy atom. The largest absolute Gasteiger partial charge is 0.371 e. The van der Waals surface area contributed by atoms with Gasteiger partial charge in [0.1, 0.15) is 12.2 Å². The van der Waals surface area contributed by atoms with Crippen LogP contribution in [0.5, 0.6) is 0 Å². The van der Waals surface area contributed by atoms with Crippen LogP contribution in [0, 0.1) is 11.6 Å². The first-order valence-corrected chi connectivity index (χ1v) is 10.2. The van der Waals surface area contributed by atoms with Gasteiger partial charge in [0.15, 0.2) is 17.4 Å². The predicted molar refractivity (Wildman–Crippen MR) is 112 cm³/mol. The highest BCUT2D eigenvalue weighted by molar-refractivity contribution is 5.94. The van der Waals surface area contributed by atoms with Crippen LogP contribution in [0.15, 0.2) is 48.5 Å². The highest BCUT2D eigenvalue weighted by Crippen LogP contribution is 2.20. The molecule has 2 aromatic carbocycles. The number of halogens is 2. The molecule has 1 aliphatic rings. The van der Waals surface area contributed by atoms with E-state index in [0.29, 0.717) is 5.56 Å². The summed E-state index contributed by atoms with van der Waals surface area (Å²) in [6, 6.07) is 11.6. The van der Waals surface area contributed by atoms with E-state index in [1.54, 1.807) is 38.1 Å². The SMILES string of the molecule is CC1(C)OCCO[C@H](CNC(=O)c2ccc(F)c(F)c2)[C@H](CNC(=O)c2ccccc2)O1. The molecule has 0 saturated carbocycles. The van der Waals surface area contributed by atoms with Gasteiger partial charge >= 0.3 is 0 Å². The molecule has 172 valence electrons. The van der Waals surface area contributed by atoms with Crippen LogP contribution in [-0.4, -0.2) is 56.1 Å². The van der Waals surface area contributed by atoms with Crippen molar-refractivity contribution in [3.05, 3.63) is 71.3 Å². The molecule has 0 spiro atoms. The van der Waals surface area contributed by atoms with Crippen molar-refractivity contribution in [1.29, 1.82) is 0 Å². The average Bonchev–Trinajstić information content (AvgIpc) is 2.77. The minimum atomic E-state index is -1.11. The normalized spacial score (nSPS) is 20.6. The van der Waals surface area contributed by atoms with Crippen molar-refractivity contribution in [2.24, 2.45) is 0 Å². The number of rotatable bonds is 6. The molecule has 1 saturated heterocycles. The molecule has 9 heteroatoms. The number of amides is 2. The van der Waals surface area contributed by atoms with Crippen LogP contribution in [-0.2, 0) is 14.2 Å². The summed E-state index contributed by atoms with van der Waals surface area (Å²) in [5, 5.41) is 5.47. The first-order chi connectivity index (χ1) is 15.2. The summed E-state index contributed by atoms with van der Waals surface area (Å²) >= 11 is 0. The Balaban J connectivity index is 1.67. The molecule has 3 rings (SSSR count). The highest BCUT2D eigenvalue weighted by Gasteiger charge is 2.33. The zero-order chi connectivity index (χ0) is 23.1. The third-order valence-electron chi connectivity index (χ3n) is 4.86. The van der Waals surface area contributed by atoms with Gasteiger partial charge in [0, 0.05) is 24.2 Å². The molecule has 0 bridgehead atoms. The third kappa shape index (κ3) is 6.56. The van der Waals surface area contributed by atoms with Crippen LogP contribution < -0.4 is 10.6 Å². The van der Waals surface area contributed by atoms with Crippen molar-refractivity contribution in [3.8, 4) is 0 Å². The van der Waals surface area contributed by atoms with Gasteiger partial charge in [-0.2, -0.15) is 0 Å². The topological polar surface area (TPSA) is 85.9 Å². The quantitative estimate of drug-likeness (QED) is 0.710. The van der Waals surface area contributed by atoms with Crippen LogP contribution in [0.25, 0.3) is 0 Å². The lowest BCUT2D eigenvalue weighted by Gasteiger charge is -2.37. The lowest BCUT2D eigenvalue weighted by atomic mass is 10.1. The third-order valence-corrected chi connectivity index (χ3v) is 4.86. The van der Waals surface area contributed by atoms with Crippen molar-refractivity contribution in [2.75, 3.05) is 26.3 Å². The van der Waals surface area contributed by atoms with Gasteiger partial charge in [-0.05, 0) is 44.2 Å². The van der Waals surface area contributed by atoms with Crippen molar-refractivity contribution < 1.29 is 32.6 Å². The Morgan fingerprint density at radius 3 is 2.25 bits per heavy atom. The molecule has 0 unspecified atom stereocenters. The Kier molecular flexibility index (Phi) is 7.89. The summed E-state index contributed by atoms with van der Waals surface area (Å²) in [6.45, 7) is 4.17. The van der Waals surface area contributed by atoms with E-state index in [-0.39, 0.29) is 37.8 Å².